The smallest absolute Gasteiger partial charge is 0.147 e. The minimum Gasteiger partial charge on any atom is -0.197 e. The van der Waals surface area contributed by atoms with E-state index in [0.717, 1.165) is 15.6 Å². The first-order valence-electron chi connectivity index (χ1n) is 4.27. The predicted octanol–water partition coefficient (Wildman–Crippen LogP) is 2.33. The molecule has 0 bridgehead atoms. The van der Waals surface area contributed by atoms with Crippen LogP contribution in [0.15, 0.2) is 18.2 Å². The van der Waals surface area contributed by atoms with E-state index in [4.69, 9.17) is 5.26 Å². The van der Waals surface area contributed by atoms with E-state index in [1.165, 1.54) is 0 Å². The lowest BCUT2D eigenvalue weighted by Crippen LogP contribution is -2.01. The zero-order valence-corrected chi connectivity index (χ0v) is 8.80. The van der Waals surface area contributed by atoms with Gasteiger partial charge in [-0.1, -0.05) is 29.6 Å². The standard InChI is InChI=1S/C10H9N3S/c1-7-12-13-9(14-7)8-3-4-10(2,5-8)6-11/h3-5H,1-2H3. The number of aryl methyl sites for hydroxylation is 1. The number of hydrogen-bond donors (Lipinski definition) is 0. The summed E-state index contributed by atoms with van der Waals surface area (Å²) in [4.78, 5) is 0. The monoisotopic (exact) mass is 203 g/mol. The molecule has 1 unspecified atom stereocenters. The van der Waals surface area contributed by atoms with Gasteiger partial charge in [-0.05, 0) is 13.8 Å². The van der Waals surface area contributed by atoms with Crippen LogP contribution >= 0.6 is 11.3 Å². The number of nitriles is 1. The second kappa shape index (κ2) is 3.03. The number of nitrogens with zero attached hydrogens (tertiary/aromatic N) is 3. The van der Waals surface area contributed by atoms with Gasteiger partial charge in [-0.3, -0.25) is 0 Å². The van der Waals surface area contributed by atoms with Crippen LogP contribution in [-0.2, 0) is 0 Å². The van der Waals surface area contributed by atoms with Crippen LogP contribution in [0.3, 0.4) is 0 Å². The number of aromatic nitrogens is 2. The largest absolute Gasteiger partial charge is 0.197 e. The van der Waals surface area contributed by atoms with E-state index in [9.17, 15) is 0 Å². The summed E-state index contributed by atoms with van der Waals surface area (Å²) in [6.07, 6.45) is 5.75. The van der Waals surface area contributed by atoms with Gasteiger partial charge in [0.15, 0.2) is 0 Å². The van der Waals surface area contributed by atoms with Crippen molar-refractivity contribution in [2.75, 3.05) is 0 Å². The van der Waals surface area contributed by atoms with Crippen LogP contribution in [0.2, 0.25) is 0 Å². The van der Waals surface area contributed by atoms with E-state index in [2.05, 4.69) is 16.3 Å². The molecule has 1 aliphatic rings. The molecule has 0 aromatic carbocycles. The molecular formula is C10H9N3S. The Morgan fingerprint density at radius 2 is 2.29 bits per heavy atom. The molecule has 0 aliphatic heterocycles. The van der Waals surface area contributed by atoms with Gasteiger partial charge in [0.1, 0.15) is 10.0 Å². The van der Waals surface area contributed by atoms with Crippen LogP contribution in [0.1, 0.15) is 16.9 Å². The fourth-order valence-electron chi connectivity index (χ4n) is 1.30. The van der Waals surface area contributed by atoms with E-state index in [-0.39, 0.29) is 0 Å². The van der Waals surface area contributed by atoms with Crippen molar-refractivity contribution in [3.63, 3.8) is 0 Å². The normalized spacial score (nSPS) is 24.8. The molecule has 0 fully saturated rings. The Bertz CT molecular complexity index is 464. The summed E-state index contributed by atoms with van der Waals surface area (Å²) >= 11 is 1.55. The van der Waals surface area contributed by atoms with Crippen molar-refractivity contribution in [1.82, 2.24) is 10.2 Å². The van der Waals surface area contributed by atoms with Crippen LogP contribution in [0.4, 0.5) is 0 Å². The lowest BCUT2D eigenvalue weighted by molar-refractivity contribution is 0.749. The molecule has 1 atom stereocenters. The topological polar surface area (TPSA) is 49.6 Å². The average Bonchev–Trinajstić information content (AvgIpc) is 2.73. The summed E-state index contributed by atoms with van der Waals surface area (Å²) in [6, 6.07) is 2.24. The first-order chi connectivity index (χ1) is 6.63. The van der Waals surface area contributed by atoms with Gasteiger partial charge in [-0.25, -0.2) is 0 Å². The molecule has 0 amide bonds. The van der Waals surface area contributed by atoms with Crippen LogP contribution in [-0.4, -0.2) is 10.2 Å². The first-order valence-corrected chi connectivity index (χ1v) is 5.08. The maximum atomic E-state index is 8.92. The lowest BCUT2D eigenvalue weighted by atomic mass is 9.95. The average molecular weight is 203 g/mol. The van der Waals surface area contributed by atoms with Gasteiger partial charge in [0.2, 0.25) is 0 Å². The van der Waals surface area contributed by atoms with E-state index >= 15 is 0 Å². The number of allylic oxidation sites excluding steroid dienone is 4. The third-order valence-corrected chi connectivity index (χ3v) is 2.97. The first kappa shape index (κ1) is 9.10. The zero-order valence-electron chi connectivity index (χ0n) is 7.98. The predicted molar refractivity (Wildman–Crippen MR) is 55.5 cm³/mol. The van der Waals surface area contributed by atoms with Gasteiger partial charge in [0.25, 0.3) is 0 Å². The summed E-state index contributed by atoms with van der Waals surface area (Å²) in [5, 5.41) is 18.7. The molecule has 1 aliphatic carbocycles. The van der Waals surface area contributed by atoms with Crippen molar-refractivity contribution in [2.24, 2.45) is 5.41 Å². The van der Waals surface area contributed by atoms with Gasteiger partial charge in [0.05, 0.1) is 11.5 Å². The van der Waals surface area contributed by atoms with Crippen molar-refractivity contribution < 1.29 is 0 Å². The van der Waals surface area contributed by atoms with Crippen LogP contribution < -0.4 is 0 Å². The molecule has 0 radical (unpaired) electrons. The number of rotatable bonds is 1. The van der Waals surface area contributed by atoms with E-state index in [1.54, 1.807) is 11.3 Å². The molecule has 0 saturated carbocycles. The van der Waals surface area contributed by atoms with Crippen molar-refractivity contribution in [3.8, 4) is 6.07 Å². The highest BCUT2D eigenvalue weighted by Gasteiger charge is 2.24. The Hall–Kier alpha value is -1.47. The molecule has 1 aromatic rings. The fraction of sp³-hybridized carbons (Fsp3) is 0.300. The second-order valence-electron chi connectivity index (χ2n) is 3.45. The second-order valence-corrected chi connectivity index (χ2v) is 4.64. The van der Waals surface area contributed by atoms with E-state index in [0.29, 0.717) is 0 Å². The van der Waals surface area contributed by atoms with Crippen molar-refractivity contribution in [3.05, 3.63) is 28.2 Å². The third-order valence-electron chi connectivity index (χ3n) is 2.08. The summed E-state index contributed by atoms with van der Waals surface area (Å²) < 4.78 is 0. The van der Waals surface area contributed by atoms with Crippen LogP contribution in [0.5, 0.6) is 0 Å². The Morgan fingerprint density at radius 3 is 2.79 bits per heavy atom. The van der Waals surface area contributed by atoms with Gasteiger partial charge in [-0.15, -0.1) is 10.2 Å². The lowest BCUT2D eigenvalue weighted by Gasteiger charge is -2.04. The quantitative estimate of drug-likeness (QED) is 0.703. The van der Waals surface area contributed by atoms with E-state index < -0.39 is 5.41 Å². The third kappa shape index (κ3) is 1.47. The molecule has 0 saturated heterocycles. The maximum absolute atomic E-state index is 8.92. The van der Waals surface area contributed by atoms with E-state index in [1.807, 2.05) is 32.1 Å². The Balaban J connectivity index is 2.37. The zero-order chi connectivity index (χ0) is 10.2. The van der Waals surface area contributed by atoms with Gasteiger partial charge < -0.3 is 0 Å². The Labute approximate surface area is 86.4 Å². The summed E-state index contributed by atoms with van der Waals surface area (Å²) in [5.74, 6) is 0. The van der Waals surface area contributed by atoms with Crippen LogP contribution in [0, 0.1) is 23.7 Å². The SMILES string of the molecule is Cc1nnc(C2=CC(C)(C#N)C=C2)s1. The summed E-state index contributed by atoms with van der Waals surface area (Å²) in [5.41, 5.74) is 0.522. The summed E-state index contributed by atoms with van der Waals surface area (Å²) in [6.45, 7) is 3.80. The fourth-order valence-corrected chi connectivity index (χ4v) is 1.99. The molecule has 4 heteroatoms. The molecule has 70 valence electrons. The highest BCUT2D eigenvalue weighted by atomic mass is 32.1. The molecule has 3 nitrogen and oxygen atoms in total. The van der Waals surface area contributed by atoms with Gasteiger partial charge in [0, 0.05) is 5.57 Å². The van der Waals surface area contributed by atoms with Crippen LogP contribution in [0.25, 0.3) is 5.57 Å². The highest BCUT2D eigenvalue weighted by molar-refractivity contribution is 7.12. The minimum absolute atomic E-state index is 0.477. The molecule has 0 spiro atoms. The maximum Gasteiger partial charge on any atom is 0.147 e. The summed E-state index contributed by atoms with van der Waals surface area (Å²) in [7, 11) is 0. The van der Waals surface area contributed by atoms with Crippen molar-refractivity contribution >= 4 is 16.9 Å². The minimum atomic E-state index is -0.477. The molecule has 1 heterocycles. The highest BCUT2D eigenvalue weighted by Crippen LogP contribution is 2.34. The van der Waals surface area contributed by atoms with Crippen molar-refractivity contribution in [1.29, 1.82) is 5.26 Å². The molecule has 2 rings (SSSR count). The number of hydrogen-bond acceptors (Lipinski definition) is 4. The molecule has 1 aromatic heterocycles. The Kier molecular flexibility index (Phi) is 1.97. The molecule has 0 N–H and O–H groups in total. The van der Waals surface area contributed by atoms with Gasteiger partial charge >= 0.3 is 0 Å². The van der Waals surface area contributed by atoms with Gasteiger partial charge in [-0.2, -0.15) is 5.26 Å². The molecule has 14 heavy (non-hydrogen) atoms. The molecular weight excluding hydrogens is 194 g/mol. The Morgan fingerprint density at radius 1 is 1.50 bits per heavy atom. The van der Waals surface area contributed by atoms with Crippen molar-refractivity contribution in [2.45, 2.75) is 13.8 Å².